The molecular formula is C28H25F2N5O2. The van der Waals surface area contributed by atoms with E-state index < -0.39 is 0 Å². The Morgan fingerprint density at radius 1 is 1.03 bits per heavy atom. The summed E-state index contributed by atoms with van der Waals surface area (Å²) in [4.78, 5) is 24.8. The zero-order valence-electron chi connectivity index (χ0n) is 20.2. The maximum Gasteiger partial charge on any atom is 0.270 e. The highest BCUT2D eigenvalue weighted by atomic mass is 19.1. The number of fused-ring (bicyclic) bond motifs is 1. The second-order valence-electron chi connectivity index (χ2n) is 9.10. The Morgan fingerprint density at radius 3 is 2.22 bits per heavy atom. The summed E-state index contributed by atoms with van der Waals surface area (Å²) in [7, 11) is 1.66. The summed E-state index contributed by atoms with van der Waals surface area (Å²) < 4.78 is 28.9. The van der Waals surface area contributed by atoms with Crippen molar-refractivity contribution in [3.63, 3.8) is 0 Å². The van der Waals surface area contributed by atoms with Crippen LogP contribution in [-0.4, -0.2) is 51.8 Å². The molecule has 2 aromatic heterocycles. The smallest absolute Gasteiger partial charge is 0.270 e. The van der Waals surface area contributed by atoms with Crippen LogP contribution in [0.1, 0.15) is 17.2 Å². The van der Waals surface area contributed by atoms with Gasteiger partial charge in [-0.2, -0.15) is 0 Å². The fourth-order valence-corrected chi connectivity index (χ4v) is 5.06. The van der Waals surface area contributed by atoms with Gasteiger partial charge in [0.1, 0.15) is 11.6 Å². The number of nitrogens with zero attached hydrogens (tertiary/aromatic N) is 5. The van der Waals surface area contributed by atoms with Gasteiger partial charge in [-0.25, -0.2) is 8.78 Å². The lowest BCUT2D eigenvalue weighted by Gasteiger charge is -2.45. The van der Waals surface area contributed by atoms with Crippen molar-refractivity contribution in [1.29, 1.82) is 0 Å². The summed E-state index contributed by atoms with van der Waals surface area (Å²) in [6.45, 7) is 8.59. The van der Waals surface area contributed by atoms with Crippen LogP contribution in [0.4, 0.5) is 20.3 Å². The SMILES string of the molecule is [C-]#[N+]c1ccc2c(n1)c(N1CCN(C(c3ccc(F)cc3)c3ccc(F)cc3)C(CO)C1)cc(=O)n2C. The molecule has 1 aliphatic rings. The molecular weight excluding hydrogens is 476 g/mol. The molecule has 4 aromatic rings. The molecule has 0 spiro atoms. The number of halogens is 2. The molecule has 9 heteroatoms. The highest BCUT2D eigenvalue weighted by molar-refractivity contribution is 5.89. The van der Waals surface area contributed by atoms with Crippen LogP contribution in [0.15, 0.2) is 71.5 Å². The number of aliphatic hydroxyl groups excluding tert-OH is 1. The molecule has 1 N–H and O–H groups in total. The van der Waals surface area contributed by atoms with Gasteiger partial charge in [0.05, 0.1) is 29.9 Å². The van der Waals surface area contributed by atoms with Crippen molar-refractivity contribution in [3.05, 3.63) is 111 Å². The van der Waals surface area contributed by atoms with Gasteiger partial charge in [-0.3, -0.25) is 9.69 Å². The van der Waals surface area contributed by atoms with Gasteiger partial charge >= 0.3 is 0 Å². The molecule has 7 nitrogen and oxygen atoms in total. The minimum absolute atomic E-state index is 0.168. The molecule has 0 radical (unpaired) electrons. The second-order valence-corrected chi connectivity index (χ2v) is 9.10. The number of anilines is 1. The third-order valence-corrected chi connectivity index (χ3v) is 6.95. The topological polar surface area (TPSA) is 66.0 Å². The van der Waals surface area contributed by atoms with Crippen LogP contribution in [0, 0.1) is 18.2 Å². The van der Waals surface area contributed by atoms with Crippen molar-refractivity contribution < 1.29 is 13.9 Å². The highest BCUT2D eigenvalue weighted by Crippen LogP contribution is 2.34. The lowest BCUT2D eigenvalue weighted by atomic mass is 9.94. The first-order valence-corrected chi connectivity index (χ1v) is 11.9. The normalized spacial score (nSPS) is 16.3. The molecule has 188 valence electrons. The summed E-state index contributed by atoms with van der Waals surface area (Å²) in [5.41, 5.74) is 3.23. The predicted molar refractivity (Wildman–Crippen MR) is 138 cm³/mol. The molecule has 0 saturated carbocycles. The van der Waals surface area contributed by atoms with E-state index in [1.807, 2.05) is 4.90 Å². The van der Waals surface area contributed by atoms with E-state index in [1.165, 1.54) is 34.9 Å². The van der Waals surface area contributed by atoms with E-state index in [4.69, 9.17) is 6.57 Å². The van der Waals surface area contributed by atoms with Crippen molar-refractivity contribution in [2.45, 2.75) is 12.1 Å². The van der Waals surface area contributed by atoms with Crippen LogP contribution < -0.4 is 10.5 Å². The molecule has 3 heterocycles. The number of aliphatic hydroxyl groups is 1. The maximum atomic E-state index is 13.7. The van der Waals surface area contributed by atoms with Crippen molar-refractivity contribution in [1.82, 2.24) is 14.5 Å². The van der Waals surface area contributed by atoms with E-state index in [-0.39, 0.29) is 41.7 Å². The zero-order chi connectivity index (χ0) is 26.1. The molecule has 0 amide bonds. The van der Waals surface area contributed by atoms with E-state index in [0.717, 1.165) is 11.1 Å². The van der Waals surface area contributed by atoms with E-state index in [0.29, 0.717) is 36.4 Å². The first-order chi connectivity index (χ1) is 17.9. The largest absolute Gasteiger partial charge is 0.395 e. The summed E-state index contributed by atoms with van der Waals surface area (Å²) in [5, 5.41) is 10.4. The maximum absolute atomic E-state index is 13.7. The fourth-order valence-electron chi connectivity index (χ4n) is 5.06. The first kappa shape index (κ1) is 24.6. The summed E-state index contributed by atoms with van der Waals surface area (Å²) in [6, 6.07) is 16.5. The van der Waals surface area contributed by atoms with Gasteiger partial charge in [0.2, 0.25) is 5.52 Å². The third kappa shape index (κ3) is 4.69. The van der Waals surface area contributed by atoms with Crippen LogP contribution >= 0.6 is 0 Å². The standard InChI is InChI=1S/C28H25F2N5O2/c1-31-25-12-11-23-27(32-25)24(15-26(37)33(23)2)34-13-14-35(22(16-34)17-36)28(18-3-7-20(29)8-4-18)19-5-9-21(30)10-6-19/h3-12,15,22,28,36H,13-14,16-17H2,2H3. The van der Waals surface area contributed by atoms with Crippen molar-refractivity contribution in [2.24, 2.45) is 7.05 Å². The number of benzene rings is 2. The number of aryl methyl sites for hydroxylation is 1. The van der Waals surface area contributed by atoms with Crippen molar-refractivity contribution in [3.8, 4) is 0 Å². The van der Waals surface area contributed by atoms with Crippen LogP contribution in [0.5, 0.6) is 0 Å². The Balaban J connectivity index is 1.54. The number of hydrogen-bond donors (Lipinski definition) is 1. The van der Waals surface area contributed by atoms with Gasteiger partial charge in [-0.15, -0.1) is 4.98 Å². The molecule has 5 rings (SSSR count). The molecule has 2 aromatic carbocycles. The molecule has 1 aliphatic heterocycles. The lowest BCUT2D eigenvalue weighted by Crippen LogP contribution is -2.56. The quantitative estimate of drug-likeness (QED) is 0.419. The Labute approximate surface area is 212 Å². The molecule has 1 atom stereocenters. The molecule has 37 heavy (non-hydrogen) atoms. The third-order valence-electron chi connectivity index (χ3n) is 6.95. The van der Waals surface area contributed by atoms with Gasteiger partial charge in [-0.05, 0) is 47.5 Å². The Hall–Kier alpha value is -4.13. The average molecular weight is 502 g/mol. The Morgan fingerprint density at radius 2 is 1.65 bits per heavy atom. The number of hydrogen-bond acceptors (Lipinski definition) is 5. The highest BCUT2D eigenvalue weighted by Gasteiger charge is 2.35. The van der Waals surface area contributed by atoms with Gasteiger partial charge in [-0.1, -0.05) is 30.8 Å². The van der Waals surface area contributed by atoms with Gasteiger partial charge < -0.3 is 19.4 Å². The Kier molecular flexibility index (Phi) is 6.70. The van der Waals surface area contributed by atoms with Gasteiger partial charge in [0, 0.05) is 32.7 Å². The summed E-state index contributed by atoms with van der Waals surface area (Å²) in [5.74, 6) is -0.472. The van der Waals surface area contributed by atoms with Crippen LogP contribution in [-0.2, 0) is 7.05 Å². The van der Waals surface area contributed by atoms with Crippen LogP contribution in [0.3, 0.4) is 0 Å². The monoisotopic (exact) mass is 501 g/mol. The van der Waals surface area contributed by atoms with Crippen LogP contribution in [0.2, 0.25) is 0 Å². The van der Waals surface area contributed by atoms with E-state index in [2.05, 4.69) is 14.7 Å². The minimum atomic E-state index is -0.353. The molecule has 1 fully saturated rings. The minimum Gasteiger partial charge on any atom is -0.395 e. The molecule has 1 saturated heterocycles. The molecule has 0 bridgehead atoms. The Bertz CT molecular complexity index is 1480. The van der Waals surface area contributed by atoms with E-state index >= 15 is 0 Å². The molecule has 1 unspecified atom stereocenters. The fraction of sp³-hybridized carbons (Fsp3) is 0.250. The van der Waals surface area contributed by atoms with Gasteiger partial charge in [0.25, 0.3) is 11.4 Å². The van der Waals surface area contributed by atoms with E-state index in [1.54, 1.807) is 43.4 Å². The predicted octanol–water partition coefficient (Wildman–Crippen LogP) is 4.03. The first-order valence-electron chi connectivity index (χ1n) is 11.9. The van der Waals surface area contributed by atoms with Crippen molar-refractivity contribution >= 4 is 22.5 Å². The number of piperazine rings is 1. The number of pyridine rings is 2. The average Bonchev–Trinajstić information content (AvgIpc) is 2.92. The van der Waals surface area contributed by atoms with Crippen molar-refractivity contribution in [2.75, 3.05) is 31.1 Å². The molecule has 0 aliphatic carbocycles. The lowest BCUT2D eigenvalue weighted by molar-refractivity contribution is 0.0858. The number of rotatable bonds is 5. The van der Waals surface area contributed by atoms with Crippen LogP contribution in [0.25, 0.3) is 15.9 Å². The second kappa shape index (κ2) is 10.1. The van der Waals surface area contributed by atoms with Gasteiger partial charge in [0.15, 0.2) is 0 Å². The summed E-state index contributed by atoms with van der Waals surface area (Å²) in [6.07, 6.45) is 0. The van der Waals surface area contributed by atoms with E-state index in [9.17, 15) is 18.7 Å². The number of aromatic nitrogens is 2. The zero-order valence-corrected chi connectivity index (χ0v) is 20.2. The summed E-state index contributed by atoms with van der Waals surface area (Å²) >= 11 is 0.